The SMILES string of the molecule is Cc1cc(/C=N/NC(=O)c2ccccc2Br)c(C)n1-c1cc(Cl)ccc1Cl. The van der Waals surface area contributed by atoms with Crippen LogP contribution in [0.1, 0.15) is 27.3 Å². The fraction of sp³-hybridized carbons (Fsp3) is 0.100. The highest BCUT2D eigenvalue weighted by molar-refractivity contribution is 9.10. The van der Waals surface area contributed by atoms with E-state index in [0.717, 1.165) is 22.6 Å². The van der Waals surface area contributed by atoms with Crippen LogP contribution in [0.15, 0.2) is 58.1 Å². The standard InChI is InChI=1S/C20H16BrCl2N3O/c1-12-9-14(11-24-25-20(27)16-5-3-4-6-17(16)21)13(2)26(12)19-10-15(22)7-8-18(19)23/h3-11H,1-2H3,(H,25,27)/b24-11+. The van der Waals surface area contributed by atoms with Gasteiger partial charge in [0.15, 0.2) is 0 Å². The second kappa shape index (κ2) is 8.30. The van der Waals surface area contributed by atoms with Gasteiger partial charge in [-0.2, -0.15) is 5.10 Å². The van der Waals surface area contributed by atoms with Crippen molar-refractivity contribution in [2.24, 2.45) is 5.10 Å². The number of hydrogen-bond donors (Lipinski definition) is 1. The van der Waals surface area contributed by atoms with Crippen molar-refractivity contribution >= 4 is 51.3 Å². The Kier molecular flexibility index (Phi) is 6.05. The lowest BCUT2D eigenvalue weighted by Crippen LogP contribution is -2.18. The van der Waals surface area contributed by atoms with E-state index in [0.29, 0.717) is 20.1 Å². The lowest BCUT2D eigenvalue weighted by atomic mass is 10.2. The summed E-state index contributed by atoms with van der Waals surface area (Å²) in [6.45, 7) is 3.93. The number of halogens is 3. The highest BCUT2D eigenvalue weighted by atomic mass is 79.9. The Balaban J connectivity index is 1.85. The molecule has 0 spiro atoms. The van der Waals surface area contributed by atoms with Crippen LogP contribution in [-0.2, 0) is 0 Å². The lowest BCUT2D eigenvalue weighted by molar-refractivity contribution is 0.0954. The zero-order valence-electron chi connectivity index (χ0n) is 14.6. The van der Waals surface area contributed by atoms with Crippen LogP contribution in [0.5, 0.6) is 0 Å². The maximum absolute atomic E-state index is 12.2. The number of aromatic nitrogens is 1. The van der Waals surface area contributed by atoms with Gasteiger partial charge in [-0.05, 0) is 66.2 Å². The van der Waals surface area contributed by atoms with E-state index in [4.69, 9.17) is 23.2 Å². The molecule has 0 aliphatic rings. The Hall–Kier alpha value is -2.08. The summed E-state index contributed by atoms with van der Waals surface area (Å²) < 4.78 is 2.72. The monoisotopic (exact) mass is 463 g/mol. The van der Waals surface area contributed by atoms with Crippen molar-refractivity contribution < 1.29 is 4.79 Å². The molecule has 3 rings (SSSR count). The van der Waals surface area contributed by atoms with E-state index in [1.165, 1.54) is 0 Å². The summed E-state index contributed by atoms with van der Waals surface area (Å²) >= 11 is 15.8. The average molecular weight is 465 g/mol. The molecule has 2 aromatic carbocycles. The predicted molar refractivity (Wildman–Crippen MR) is 114 cm³/mol. The third kappa shape index (κ3) is 4.26. The summed E-state index contributed by atoms with van der Waals surface area (Å²) in [6.07, 6.45) is 1.62. The molecule has 7 heteroatoms. The van der Waals surface area contributed by atoms with Crippen LogP contribution in [-0.4, -0.2) is 16.7 Å². The van der Waals surface area contributed by atoms with Gasteiger partial charge in [-0.15, -0.1) is 0 Å². The molecule has 0 atom stereocenters. The molecule has 1 N–H and O–H groups in total. The number of nitrogens with one attached hydrogen (secondary N) is 1. The Bertz CT molecular complexity index is 1040. The van der Waals surface area contributed by atoms with Crippen molar-refractivity contribution in [2.45, 2.75) is 13.8 Å². The van der Waals surface area contributed by atoms with Crippen LogP contribution < -0.4 is 5.43 Å². The Morgan fingerprint density at radius 2 is 1.89 bits per heavy atom. The van der Waals surface area contributed by atoms with Gasteiger partial charge in [0.2, 0.25) is 0 Å². The van der Waals surface area contributed by atoms with Crippen LogP contribution >= 0.6 is 39.1 Å². The van der Waals surface area contributed by atoms with Crippen molar-refractivity contribution in [3.8, 4) is 5.69 Å². The normalized spacial score (nSPS) is 11.1. The van der Waals surface area contributed by atoms with Crippen molar-refractivity contribution in [1.29, 1.82) is 0 Å². The molecule has 0 bridgehead atoms. The second-order valence-corrected chi connectivity index (χ2v) is 7.63. The van der Waals surface area contributed by atoms with Crippen LogP contribution in [0, 0.1) is 13.8 Å². The van der Waals surface area contributed by atoms with Crippen LogP contribution in [0.25, 0.3) is 5.69 Å². The van der Waals surface area contributed by atoms with Gasteiger partial charge in [0.25, 0.3) is 5.91 Å². The molecule has 0 saturated heterocycles. The molecule has 27 heavy (non-hydrogen) atoms. The van der Waals surface area contributed by atoms with Gasteiger partial charge >= 0.3 is 0 Å². The largest absolute Gasteiger partial charge is 0.316 e. The van der Waals surface area contributed by atoms with E-state index >= 15 is 0 Å². The summed E-state index contributed by atoms with van der Waals surface area (Å²) in [5.74, 6) is -0.287. The van der Waals surface area contributed by atoms with E-state index < -0.39 is 0 Å². The molecular formula is C20H16BrCl2N3O. The van der Waals surface area contributed by atoms with E-state index in [1.54, 1.807) is 36.5 Å². The number of amides is 1. The zero-order chi connectivity index (χ0) is 19.6. The van der Waals surface area contributed by atoms with Crippen molar-refractivity contribution in [3.63, 3.8) is 0 Å². The first kappa shape index (κ1) is 19.7. The van der Waals surface area contributed by atoms with Gasteiger partial charge in [0, 0.05) is 26.4 Å². The summed E-state index contributed by atoms with van der Waals surface area (Å²) in [7, 11) is 0. The number of carbonyl (C=O) groups excluding carboxylic acids is 1. The number of benzene rings is 2. The average Bonchev–Trinajstić information content (AvgIpc) is 2.91. The predicted octanol–water partition coefficient (Wildman–Crippen LogP) is 5.93. The van der Waals surface area contributed by atoms with Crippen LogP contribution in [0.3, 0.4) is 0 Å². The van der Waals surface area contributed by atoms with Gasteiger partial charge in [0.05, 0.1) is 22.5 Å². The van der Waals surface area contributed by atoms with Gasteiger partial charge in [-0.1, -0.05) is 35.3 Å². The summed E-state index contributed by atoms with van der Waals surface area (Å²) in [5.41, 5.74) is 6.66. The first-order valence-corrected chi connectivity index (χ1v) is 9.65. The Morgan fingerprint density at radius 3 is 2.63 bits per heavy atom. The third-order valence-electron chi connectivity index (χ3n) is 4.11. The lowest BCUT2D eigenvalue weighted by Gasteiger charge is -2.12. The van der Waals surface area contributed by atoms with Crippen LogP contribution in [0.4, 0.5) is 0 Å². The Labute approximate surface area is 175 Å². The highest BCUT2D eigenvalue weighted by Crippen LogP contribution is 2.28. The maximum Gasteiger partial charge on any atom is 0.272 e. The fourth-order valence-corrected chi connectivity index (χ4v) is 3.65. The molecular weight excluding hydrogens is 449 g/mol. The first-order valence-electron chi connectivity index (χ1n) is 8.11. The van der Waals surface area contributed by atoms with E-state index in [-0.39, 0.29) is 5.91 Å². The highest BCUT2D eigenvalue weighted by Gasteiger charge is 2.13. The maximum atomic E-state index is 12.2. The smallest absolute Gasteiger partial charge is 0.272 e. The minimum atomic E-state index is -0.287. The quantitative estimate of drug-likeness (QED) is 0.377. The van der Waals surface area contributed by atoms with Crippen molar-refractivity contribution in [1.82, 2.24) is 9.99 Å². The number of carbonyl (C=O) groups is 1. The van der Waals surface area contributed by atoms with Gasteiger partial charge in [-0.25, -0.2) is 5.43 Å². The van der Waals surface area contributed by atoms with Crippen molar-refractivity contribution in [3.05, 3.63) is 85.6 Å². The minimum absolute atomic E-state index is 0.287. The molecule has 0 saturated carbocycles. The van der Waals surface area contributed by atoms with Crippen molar-refractivity contribution in [2.75, 3.05) is 0 Å². The molecule has 0 unspecified atom stereocenters. The van der Waals surface area contributed by atoms with E-state index in [1.807, 2.05) is 36.6 Å². The molecule has 1 aromatic heterocycles. The molecule has 4 nitrogen and oxygen atoms in total. The second-order valence-electron chi connectivity index (χ2n) is 5.94. The van der Waals surface area contributed by atoms with Gasteiger partial charge in [-0.3, -0.25) is 4.79 Å². The summed E-state index contributed by atoms with van der Waals surface area (Å²) in [6, 6.07) is 14.5. The molecule has 3 aromatic rings. The third-order valence-corrected chi connectivity index (χ3v) is 5.35. The molecule has 138 valence electrons. The van der Waals surface area contributed by atoms with Crippen LogP contribution in [0.2, 0.25) is 10.0 Å². The number of aryl methyl sites for hydroxylation is 1. The molecule has 0 aliphatic heterocycles. The first-order chi connectivity index (χ1) is 12.9. The summed E-state index contributed by atoms with van der Waals surface area (Å²) in [4.78, 5) is 12.2. The summed E-state index contributed by atoms with van der Waals surface area (Å²) in [5, 5.41) is 5.30. The number of rotatable bonds is 4. The number of nitrogens with zero attached hydrogens (tertiary/aromatic N) is 2. The molecule has 0 fully saturated rings. The van der Waals surface area contributed by atoms with Gasteiger partial charge < -0.3 is 4.57 Å². The van der Waals surface area contributed by atoms with E-state index in [2.05, 4.69) is 26.5 Å². The molecule has 1 heterocycles. The van der Waals surface area contributed by atoms with Gasteiger partial charge in [0.1, 0.15) is 0 Å². The van der Waals surface area contributed by atoms with E-state index in [9.17, 15) is 4.79 Å². The number of hydrazone groups is 1. The topological polar surface area (TPSA) is 46.4 Å². The molecule has 0 aliphatic carbocycles. The number of hydrogen-bond acceptors (Lipinski definition) is 2. The molecule has 0 radical (unpaired) electrons. The Morgan fingerprint density at radius 1 is 1.15 bits per heavy atom. The zero-order valence-corrected chi connectivity index (χ0v) is 17.7. The minimum Gasteiger partial charge on any atom is -0.316 e. The molecule has 1 amide bonds. The fourth-order valence-electron chi connectivity index (χ4n) is 2.81.